The molecule has 0 bridgehead atoms. The predicted octanol–water partition coefficient (Wildman–Crippen LogP) is 3.39. The molecule has 0 amide bonds. The second-order valence-electron chi connectivity index (χ2n) is 6.36. The normalized spacial score (nSPS) is 18.0. The Morgan fingerprint density at radius 1 is 1.26 bits per heavy atom. The molecule has 0 aliphatic carbocycles. The summed E-state index contributed by atoms with van der Waals surface area (Å²) in [6, 6.07) is 10.7. The Kier molecular flexibility index (Phi) is 5.47. The van der Waals surface area contributed by atoms with E-state index in [1.165, 1.54) is 29.7 Å². The third-order valence-corrected chi connectivity index (χ3v) is 4.63. The fourth-order valence-electron chi connectivity index (χ4n) is 3.30. The molecule has 1 aromatic heterocycles. The second kappa shape index (κ2) is 7.75. The van der Waals surface area contributed by atoms with Gasteiger partial charge < -0.3 is 4.74 Å². The zero-order valence-corrected chi connectivity index (χ0v) is 14.2. The van der Waals surface area contributed by atoms with E-state index < -0.39 is 0 Å². The SMILES string of the molecule is CCn1ncc(CN(Cc2ccccc2)C[C@@H]2CCCO2)c1C. The fourth-order valence-corrected chi connectivity index (χ4v) is 3.30. The summed E-state index contributed by atoms with van der Waals surface area (Å²) >= 11 is 0. The molecular formula is C19H27N3O. The molecule has 1 aliphatic rings. The van der Waals surface area contributed by atoms with Gasteiger partial charge in [-0.2, -0.15) is 5.10 Å². The van der Waals surface area contributed by atoms with E-state index in [9.17, 15) is 0 Å². The molecule has 1 aromatic carbocycles. The molecule has 1 atom stereocenters. The third kappa shape index (κ3) is 4.21. The van der Waals surface area contributed by atoms with Crippen molar-refractivity contribution in [3.8, 4) is 0 Å². The monoisotopic (exact) mass is 313 g/mol. The summed E-state index contributed by atoms with van der Waals surface area (Å²) in [7, 11) is 0. The number of aromatic nitrogens is 2. The van der Waals surface area contributed by atoms with E-state index in [2.05, 4.69) is 58.9 Å². The molecule has 2 aromatic rings. The van der Waals surface area contributed by atoms with Crippen LogP contribution in [0.25, 0.3) is 0 Å². The summed E-state index contributed by atoms with van der Waals surface area (Å²) in [5, 5.41) is 4.48. The van der Waals surface area contributed by atoms with Crippen molar-refractivity contribution in [2.45, 2.75) is 52.4 Å². The topological polar surface area (TPSA) is 30.3 Å². The van der Waals surface area contributed by atoms with Crippen LogP contribution in [-0.4, -0.2) is 33.9 Å². The van der Waals surface area contributed by atoms with E-state index in [0.29, 0.717) is 6.10 Å². The van der Waals surface area contributed by atoms with Crippen LogP contribution >= 0.6 is 0 Å². The van der Waals surface area contributed by atoms with E-state index in [0.717, 1.165) is 32.8 Å². The van der Waals surface area contributed by atoms with Crippen LogP contribution in [0, 0.1) is 6.92 Å². The maximum atomic E-state index is 5.85. The van der Waals surface area contributed by atoms with Crippen molar-refractivity contribution in [3.63, 3.8) is 0 Å². The Hall–Kier alpha value is -1.65. The van der Waals surface area contributed by atoms with E-state index in [1.807, 2.05) is 6.20 Å². The smallest absolute Gasteiger partial charge is 0.0703 e. The highest BCUT2D eigenvalue weighted by atomic mass is 16.5. The first-order valence-electron chi connectivity index (χ1n) is 8.65. The first-order chi connectivity index (χ1) is 11.3. The van der Waals surface area contributed by atoms with Gasteiger partial charge in [0, 0.05) is 44.0 Å². The Balaban J connectivity index is 1.72. The molecule has 1 fully saturated rings. The van der Waals surface area contributed by atoms with Gasteiger partial charge >= 0.3 is 0 Å². The van der Waals surface area contributed by atoms with Crippen LogP contribution in [0.2, 0.25) is 0 Å². The zero-order chi connectivity index (χ0) is 16.1. The van der Waals surface area contributed by atoms with Crippen molar-refractivity contribution in [2.75, 3.05) is 13.2 Å². The van der Waals surface area contributed by atoms with Crippen LogP contribution in [0.1, 0.15) is 36.6 Å². The first kappa shape index (κ1) is 16.2. The fraction of sp³-hybridized carbons (Fsp3) is 0.526. The van der Waals surface area contributed by atoms with Gasteiger partial charge in [-0.15, -0.1) is 0 Å². The molecule has 3 rings (SSSR count). The van der Waals surface area contributed by atoms with E-state index >= 15 is 0 Å². The van der Waals surface area contributed by atoms with Crippen LogP contribution < -0.4 is 0 Å². The molecule has 0 radical (unpaired) electrons. The molecule has 124 valence electrons. The van der Waals surface area contributed by atoms with Crippen molar-refractivity contribution in [2.24, 2.45) is 0 Å². The summed E-state index contributed by atoms with van der Waals surface area (Å²) in [5.41, 5.74) is 3.95. The van der Waals surface area contributed by atoms with Gasteiger partial charge in [-0.25, -0.2) is 0 Å². The molecule has 0 unspecified atom stereocenters. The van der Waals surface area contributed by atoms with Crippen molar-refractivity contribution < 1.29 is 4.74 Å². The molecule has 0 spiro atoms. The predicted molar refractivity (Wildman–Crippen MR) is 92.2 cm³/mol. The van der Waals surface area contributed by atoms with Gasteiger partial charge in [0.15, 0.2) is 0 Å². The number of hydrogen-bond donors (Lipinski definition) is 0. The van der Waals surface area contributed by atoms with Crippen LogP contribution in [0.3, 0.4) is 0 Å². The van der Waals surface area contributed by atoms with Crippen molar-refractivity contribution in [1.82, 2.24) is 14.7 Å². The minimum Gasteiger partial charge on any atom is -0.377 e. The van der Waals surface area contributed by atoms with Gasteiger partial charge in [-0.3, -0.25) is 9.58 Å². The Morgan fingerprint density at radius 2 is 2.09 bits per heavy atom. The molecule has 2 heterocycles. The van der Waals surface area contributed by atoms with E-state index in [1.54, 1.807) is 0 Å². The summed E-state index contributed by atoms with van der Waals surface area (Å²) in [5.74, 6) is 0. The third-order valence-electron chi connectivity index (χ3n) is 4.63. The molecular weight excluding hydrogens is 286 g/mol. The highest BCUT2D eigenvalue weighted by molar-refractivity contribution is 5.18. The Morgan fingerprint density at radius 3 is 2.74 bits per heavy atom. The lowest BCUT2D eigenvalue weighted by Gasteiger charge is -2.25. The van der Waals surface area contributed by atoms with Gasteiger partial charge in [0.1, 0.15) is 0 Å². The average molecular weight is 313 g/mol. The lowest BCUT2D eigenvalue weighted by Crippen LogP contribution is -2.31. The van der Waals surface area contributed by atoms with Gasteiger partial charge in [-0.05, 0) is 32.3 Å². The van der Waals surface area contributed by atoms with Crippen molar-refractivity contribution in [3.05, 3.63) is 53.3 Å². The van der Waals surface area contributed by atoms with Gasteiger partial charge in [-0.1, -0.05) is 30.3 Å². The minimum atomic E-state index is 0.375. The summed E-state index contributed by atoms with van der Waals surface area (Å²) in [6.07, 6.45) is 4.77. The molecule has 4 heteroatoms. The lowest BCUT2D eigenvalue weighted by molar-refractivity contribution is 0.0678. The second-order valence-corrected chi connectivity index (χ2v) is 6.36. The summed E-state index contributed by atoms with van der Waals surface area (Å²) in [6.45, 7) is 9.02. The first-order valence-corrected chi connectivity index (χ1v) is 8.65. The van der Waals surface area contributed by atoms with E-state index in [4.69, 9.17) is 4.74 Å². The number of aryl methyl sites for hydroxylation is 1. The highest BCUT2D eigenvalue weighted by Gasteiger charge is 2.20. The highest BCUT2D eigenvalue weighted by Crippen LogP contribution is 2.18. The van der Waals surface area contributed by atoms with Crippen molar-refractivity contribution >= 4 is 0 Å². The average Bonchev–Trinajstić information content (AvgIpc) is 3.19. The molecule has 0 N–H and O–H groups in total. The number of hydrogen-bond acceptors (Lipinski definition) is 3. The largest absolute Gasteiger partial charge is 0.377 e. The molecule has 0 saturated carbocycles. The maximum absolute atomic E-state index is 5.85. The van der Waals surface area contributed by atoms with Crippen LogP contribution in [-0.2, 0) is 24.4 Å². The zero-order valence-electron chi connectivity index (χ0n) is 14.2. The summed E-state index contributed by atoms with van der Waals surface area (Å²) in [4.78, 5) is 2.50. The Labute approximate surface area is 139 Å². The number of rotatable bonds is 7. The molecule has 1 saturated heterocycles. The van der Waals surface area contributed by atoms with Crippen LogP contribution in [0.15, 0.2) is 36.5 Å². The minimum absolute atomic E-state index is 0.375. The van der Waals surface area contributed by atoms with Crippen LogP contribution in [0.4, 0.5) is 0 Å². The maximum Gasteiger partial charge on any atom is 0.0703 e. The number of ether oxygens (including phenoxy) is 1. The number of benzene rings is 1. The van der Waals surface area contributed by atoms with E-state index in [-0.39, 0.29) is 0 Å². The lowest BCUT2D eigenvalue weighted by atomic mass is 10.1. The molecule has 23 heavy (non-hydrogen) atoms. The molecule has 1 aliphatic heterocycles. The number of nitrogens with zero attached hydrogens (tertiary/aromatic N) is 3. The standard InChI is InChI=1S/C19H27N3O/c1-3-22-16(2)18(12-20-22)14-21(15-19-10-7-11-23-19)13-17-8-5-4-6-9-17/h4-6,8-9,12,19H,3,7,10-11,13-15H2,1-2H3/t19-/m0/s1. The Bertz CT molecular complexity index is 602. The summed E-state index contributed by atoms with van der Waals surface area (Å²) < 4.78 is 7.92. The molecule has 4 nitrogen and oxygen atoms in total. The van der Waals surface area contributed by atoms with Gasteiger partial charge in [0.2, 0.25) is 0 Å². The quantitative estimate of drug-likeness (QED) is 0.785. The van der Waals surface area contributed by atoms with Gasteiger partial charge in [0.25, 0.3) is 0 Å². The van der Waals surface area contributed by atoms with Crippen LogP contribution in [0.5, 0.6) is 0 Å². The van der Waals surface area contributed by atoms with Crippen molar-refractivity contribution in [1.29, 1.82) is 0 Å². The van der Waals surface area contributed by atoms with Gasteiger partial charge in [0.05, 0.1) is 12.3 Å².